The van der Waals surface area contributed by atoms with Gasteiger partial charge in [-0.15, -0.1) is 0 Å². The van der Waals surface area contributed by atoms with E-state index in [9.17, 15) is 0 Å². The average molecular weight is 1210 g/mol. The number of hydrogen-bond acceptors (Lipinski definition) is 5. The van der Waals surface area contributed by atoms with E-state index in [-0.39, 0.29) is 50.3 Å². The molecule has 4 atom stereocenters. The topological polar surface area (TPSA) is 26.1 Å². The van der Waals surface area contributed by atoms with Gasteiger partial charge in [0.1, 0.15) is 5.58 Å². The van der Waals surface area contributed by atoms with Crippen LogP contribution in [0.15, 0.2) is 180 Å². The third kappa shape index (κ3) is 8.35. The summed E-state index contributed by atoms with van der Waals surface area (Å²) in [6.07, 6.45) is 9.36. The number of para-hydroxylation sites is 2. The second-order valence-electron chi connectivity index (χ2n) is 33.6. The lowest BCUT2D eigenvalue weighted by molar-refractivity contribution is 0.195. The zero-order valence-electron chi connectivity index (χ0n) is 57.7. The quantitative estimate of drug-likeness (QED) is 0.160. The Morgan fingerprint density at radius 1 is 0.370 bits per heavy atom. The molecule has 0 saturated heterocycles. The van der Waals surface area contributed by atoms with Gasteiger partial charge < -0.3 is 24.0 Å². The van der Waals surface area contributed by atoms with E-state index in [1.165, 1.54) is 138 Å². The van der Waals surface area contributed by atoms with Gasteiger partial charge in [0.25, 0.3) is 6.71 Å². The van der Waals surface area contributed by atoms with Crippen LogP contribution in [0.2, 0.25) is 0 Å². The molecule has 6 heteroatoms. The Labute approximate surface area is 548 Å². The van der Waals surface area contributed by atoms with Gasteiger partial charge in [0.15, 0.2) is 5.58 Å². The van der Waals surface area contributed by atoms with E-state index in [0.29, 0.717) is 0 Å². The van der Waals surface area contributed by atoms with Gasteiger partial charge in [0.05, 0.1) is 22.5 Å². The smallest absolute Gasteiger partial charge is 0.252 e. The molecule has 16 rings (SSSR count). The van der Waals surface area contributed by atoms with Gasteiger partial charge in [-0.2, -0.15) is 0 Å². The van der Waals surface area contributed by atoms with Crippen molar-refractivity contribution in [2.45, 2.75) is 206 Å². The molecular weight excluding hydrogens is 1120 g/mol. The molecule has 1 aromatic heterocycles. The number of rotatable bonds is 5. The molecule has 0 amide bonds. The van der Waals surface area contributed by atoms with Crippen LogP contribution in [0.5, 0.6) is 0 Å². The number of furan rings is 1. The highest BCUT2D eigenvalue weighted by molar-refractivity contribution is 7.00. The summed E-state index contributed by atoms with van der Waals surface area (Å²) < 4.78 is 7.32. The van der Waals surface area contributed by atoms with Gasteiger partial charge in [-0.3, -0.25) is 0 Å². The summed E-state index contributed by atoms with van der Waals surface area (Å²) in [5.41, 5.74) is 28.1. The van der Waals surface area contributed by atoms with Crippen LogP contribution in [0.4, 0.5) is 56.9 Å². The van der Waals surface area contributed by atoms with E-state index in [2.05, 4.69) is 306 Å². The summed E-state index contributed by atoms with van der Waals surface area (Å²) in [6.45, 7) is 38.7. The summed E-state index contributed by atoms with van der Waals surface area (Å²) in [4.78, 5) is 11.0. The minimum Gasteiger partial charge on any atom is -0.454 e. The van der Waals surface area contributed by atoms with Crippen molar-refractivity contribution in [3.05, 3.63) is 209 Å². The minimum atomic E-state index is -0.228. The lowest BCUT2D eigenvalue weighted by atomic mass is 9.33. The second-order valence-corrected chi connectivity index (χ2v) is 33.6. The molecule has 2 fully saturated rings. The van der Waals surface area contributed by atoms with Crippen molar-refractivity contribution in [3.63, 3.8) is 0 Å². The predicted molar refractivity (Wildman–Crippen MR) is 394 cm³/mol. The molecular formula is C86H93BN4O. The Hall–Kier alpha value is -7.96. The maximum Gasteiger partial charge on any atom is 0.252 e. The Morgan fingerprint density at radius 2 is 0.848 bits per heavy atom. The van der Waals surface area contributed by atoms with Crippen molar-refractivity contribution < 1.29 is 4.42 Å². The maximum absolute atomic E-state index is 7.32. The molecule has 0 bridgehead atoms. The Balaban J connectivity index is 1.05. The van der Waals surface area contributed by atoms with Crippen LogP contribution >= 0.6 is 0 Å². The molecule has 0 spiro atoms. The zero-order valence-corrected chi connectivity index (χ0v) is 57.7. The fourth-order valence-corrected chi connectivity index (χ4v) is 18.4. The predicted octanol–water partition coefficient (Wildman–Crippen LogP) is 22.0. The van der Waals surface area contributed by atoms with E-state index in [0.717, 1.165) is 53.3 Å². The van der Waals surface area contributed by atoms with Crippen molar-refractivity contribution in [3.8, 4) is 11.1 Å². The lowest BCUT2D eigenvalue weighted by Crippen LogP contribution is -2.62. The third-order valence-electron chi connectivity index (χ3n) is 24.2. The molecule has 6 aliphatic rings. The molecule has 5 nitrogen and oxygen atoms in total. The van der Waals surface area contributed by atoms with E-state index in [4.69, 9.17) is 4.42 Å². The molecule has 466 valence electrons. The number of nitrogens with zero attached hydrogens (tertiary/aromatic N) is 4. The van der Waals surface area contributed by atoms with Crippen LogP contribution in [0.3, 0.4) is 0 Å². The fourth-order valence-electron chi connectivity index (χ4n) is 18.4. The van der Waals surface area contributed by atoms with Crippen LogP contribution in [0, 0.1) is 0 Å². The van der Waals surface area contributed by atoms with Crippen LogP contribution in [0.25, 0.3) is 33.1 Å². The largest absolute Gasteiger partial charge is 0.454 e. The Bertz CT molecular complexity index is 4700. The van der Waals surface area contributed by atoms with Crippen LogP contribution < -0.4 is 36.0 Å². The van der Waals surface area contributed by atoms with Crippen molar-refractivity contribution >= 4 is 102 Å². The first-order valence-corrected chi connectivity index (χ1v) is 34.7. The molecule has 0 N–H and O–H groups in total. The number of anilines is 10. The van der Waals surface area contributed by atoms with E-state index < -0.39 is 0 Å². The molecule has 2 saturated carbocycles. The summed E-state index contributed by atoms with van der Waals surface area (Å²) in [5, 5.41) is 2.25. The van der Waals surface area contributed by atoms with E-state index in [1.54, 1.807) is 0 Å². The van der Waals surface area contributed by atoms with E-state index >= 15 is 0 Å². The first-order chi connectivity index (χ1) is 43.6. The van der Waals surface area contributed by atoms with Crippen molar-refractivity contribution in [2.24, 2.45) is 0 Å². The molecule has 92 heavy (non-hydrogen) atoms. The molecule has 2 aliphatic carbocycles. The highest BCUT2D eigenvalue weighted by atomic mass is 16.3. The van der Waals surface area contributed by atoms with Gasteiger partial charge >= 0.3 is 0 Å². The number of benzene rings is 9. The maximum atomic E-state index is 7.32. The van der Waals surface area contributed by atoms with Gasteiger partial charge in [-0.05, 0) is 183 Å². The first kappa shape index (κ1) is 59.1. The van der Waals surface area contributed by atoms with Gasteiger partial charge in [0.2, 0.25) is 0 Å². The molecule has 9 aromatic carbocycles. The summed E-state index contributed by atoms with van der Waals surface area (Å²) in [6, 6.07) is 69.7. The summed E-state index contributed by atoms with van der Waals surface area (Å²) in [7, 11) is 0. The zero-order chi connectivity index (χ0) is 64.2. The highest BCUT2D eigenvalue weighted by Crippen LogP contribution is 2.65. The summed E-state index contributed by atoms with van der Waals surface area (Å²) in [5.74, 6) is 0. The first-order valence-electron chi connectivity index (χ1n) is 34.7. The van der Waals surface area contributed by atoms with Crippen molar-refractivity contribution in [1.82, 2.24) is 0 Å². The monoisotopic (exact) mass is 1210 g/mol. The fraction of sp³-hybridized carbons (Fsp3) is 0.372. The van der Waals surface area contributed by atoms with Gasteiger partial charge in [0, 0.05) is 72.7 Å². The van der Waals surface area contributed by atoms with Gasteiger partial charge in [-0.1, -0.05) is 232 Å². The van der Waals surface area contributed by atoms with Crippen LogP contribution in [-0.4, -0.2) is 17.8 Å². The van der Waals surface area contributed by atoms with Crippen LogP contribution in [-0.2, 0) is 32.5 Å². The van der Waals surface area contributed by atoms with Crippen LogP contribution in [0.1, 0.15) is 196 Å². The Kier molecular flexibility index (Phi) is 12.7. The highest BCUT2D eigenvalue weighted by Gasteiger charge is 2.60. The molecule has 4 aliphatic heterocycles. The molecule has 5 heterocycles. The normalized spacial score (nSPS) is 22.5. The third-order valence-corrected chi connectivity index (χ3v) is 24.2. The lowest BCUT2D eigenvalue weighted by Gasteiger charge is -2.51. The Morgan fingerprint density at radius 3 is 1.43 bits per heavy atom. The summed E-state index contributed by atoms with van der Waals surface area (Å²) >= 11 is 0. The minimum absolute atomic E-state index is 0.00140. The van der Waals surface area contributed by atoms with E-state index in [1.807, 2.05) is 0 Å². The van der Waals surface area contributed by atoms with Crippen molar-refractivity contribution in [2.75, 3.05) is 19.6 Å². The average Bonchev–Trinajstić information content (AvgIpc) is 0.865. The molecule has 4 unspecified atom stereocenters. The van der Waals surface area contributed by atoms with Gasteiger partial charge in [-0.25, -0.2) is 0 Å². The molecule has 0 radical (unpaired) electrons. The SMILES string of the molecule is CC(C)(C)c1ccc2c(c1)B1c3ccc(N4c5ccc(C(C)(C)C)cc5C5(C)CCCCC45C)cc3N(c3cccc4c3oc3ccccc34)c3cc(N4c5ccc(C(C)(C)C)cc5C5(C)CCCCC45C)cc(c31)N2c1ccc(C(C)(C)C)cc1-c1ccccc1. The standard InChI is InChI=1S/C86H93BN4O/c1-79(2,3)55-33-39-68(63(47-55)54-27-18-17-19-28-54)88-71-42-36-58(82(10,11)12)50-67(71)87-66-38-37-59(90-69-40-34-56(80(4,5)6)48-64(69)83(13)43-22-24-45-85(83,90)15)51-73(66)89(72-31-26-30-62-61-29-20-21-32-76(61)92-78(62)72)75-53-60(52-74(88)77(75)87)91-70-41-35-57(81(7,8)9)49-65(70)84(14)44-23-25-46-86(84,91)16/h17-21,26-42,47-53H,22-25,43-46H2,1-16H3. The van der Waals surface area contributed by atoms with Crippen molar-refractivity contribution in [1.29, 1.82) is 0 Å². The second kappa shape index (κ2) is 19.8. The number of fused-ring (bicyclic) bond motifs is 13. The number of hydrogen-bond donors (Lipinski definition) is 0. The molecule has 10 aromatic rings.